The summed E-state index contributed by atoms with van der Waals surface area (Å²) < 4.78 is 38.6. The molecule has 0 saturated carbocycles. The molecule has 2 aromatic carbocycles. The first-order chi connectivity index (χ1) is 12.6. The largest absolute Gasteiger partial charge is 0.416 e. The fraction of sp³-hybridized carbons (Fsp3) is 0.300. The number of carbonyl (C=O) groups excluding carboxylic acids is 2. The van der Waals surface area contributed by atoms with Crippen molar-refractivity contribution in [2.24, 2.45) is 0 Å². The average Bonchev–Trinajstić information content (AvgIpc) is 2.64. The van der Waals surface area contributed by atoms with Crippen molar-refractivity contribution in [3.05, 3.63) is 70.8 Å². The number of rotatable bonds is 5. The van der Waals surface area contributed by atoms with Crippen LogP contribution in [0.1, 0.15) is 40.0 Å². The molecular formula is C20H21F3N2O2. The van der Waals surface area contributed by atoms with Gasteiger partial charge in [0.05, 0.1) is 18.2 Å². The number of aryl methyl sites for hydroxylation is 1. The molecule has 0 fully saturated rings. The number of alkyl halides is 3. The number of hydrogen-bond acceptors (Lipinski definition) is 2. The maximum Gasteiger partial charge on any atom is 0.416 e. The molecule has 144 valence electrons. The van der Waals surface area contributed by atoms with Crippen molar-refractivity contribution in [3.8, 4) is 0 Å². The highest BCUT2D eigenvalue weighted by molar-refractivity contribution is 5.97. The number of benzene rings is 2. The molecule has 4 nitrogen and oxygen atoms in total. The van der Waals surface area contributed by atoms with E-state index in [9.17, 15) is 22.8 Å². The Balaban J connectivity index is 2.02. The number of carbonyl (C=O) groups is 2. The summed E-state index contributed by atoms with van der Waals surface area (Å²) in [6.07, 6.45) is -4.44. The lowest BCUT2D eigenvalue weighted by Gasteiger charge is -2.26. The molecule has 1 N–H and O–H groups in total. The van der Waals surface area contributed by atoms with Gasteiger partial charge in [0, 0.05) is 12.6 Å². The molecule has 2 amide bonds. The highest BCUT2D eigenvalue weighted by Crippen LogP contribution is 2.31. The summed E-state index contributed by atoms with van der Waals surface area (Å²) in [5.41, 5.74) is 0.860. The molecule has 1 unspecified atom stereocenters. The van der Waals surface area contributed by atoms with Crippen LogP contribution < -0.4 is 5.32 Å². The van der Waals surface area contributed by atoms with Crippen LogP contribution in [-0.2, 0) is 11.0 Å². The van der Waals surface area contributed by atoms with Crippen LogP contribution in [-0.4, -0.2) is 30.3 Å². The molecule has 0 aromatic heterocycles. The first kappa shape index (κ1) is 20.5. The molecule has 0 heterocycles. The van der Waals surface area contributed by atoms with Gasteiger partial charge in [-0.3, -0.25) is 9.59 Å². The Morgan fingerprint density at radius 3 is 2.41 bits per heavy atom. The van der Waals surface area contributed by atoms with Gasteiger partial charge in [0.25, 0.3) is 5.91 Å². The summed E-state index contributed by atoms with van der Waals surface area (Å²) in [6.45, 7) is 3.18. The zero-order valence-electron chi connectivity index (χ0n) is 15.3. The summed E-state index contributed by atoms with van der Waals surface area (Å²) in [5, 5.41) is 2.55. The Morgan fingerprint density at radius 1 is 1.11 bits per heavy atom. The van der Waals surface area contributed by atoms with Crippen LogP contribution in [0.4, 0.5) is 13.2 Å². The first-order valence-electron chi connectivity index (χ1n) is 8.38. The zero-order valence-corrected chi connectivity index (χ0v) is 15.3. The predicted molar refractivity (Wildman–Crippen MR) is 96.1 cm³/mol. The third-order valence-electron chi connectivity index (χ3n) is 4.46. The van der Waals surface area contributed by atoms with Crippen LogP contribution in [0.15, 0.2) is 48.5 Å². The molecule has 0 saturated heterocycles. The van der Waals surface area contributed by atoms with Gasteiger partial charge in [0.1, 0.15) is 0 Å². The van der Waals surface area contributed by atoms with Gasteiger partial charge in [-0.25, -0.2) is 0 Å². The third kappa shape index (κ3) is 5.09. The zero-order chi connectivity index (χ0) is 20.2. The van der Waals surface area contributed by atoms with Gasteiger partial charge in [-0.05, 0) is 43.2 Å². The Bertz CT molecular complexity index is 834. The van der Waals surface area contributed by atoms with Crippen LogP contribution >= 0.6 is 0 Å². The van der Waals surface area contributed by atoms with Crippen LogP contribution in [0.5, 0.6) is 0 Å². The molecule has 2 rings (SSSR count). The molecular weight excluding hydrogens is 357 g/mol. The predicted octanol–water partition coefficient (Wildman–Crippen LogP) is 3.96. The molecule has 0 aliphatic rings. The van der Waals surface area contributed by atoms with Crippen molar-refractivity contribution >= 4 is 11.8 Å². The van der Waals surface area contributed by atoms with Gasteiger partial charge in [-0.15, -0.1) is 0 Å². The molecule has 2 aromatic rings. The Morgan fingerprint density at radius 2 is 1.78 bits per heavy atom. The molecule has 27 heavy (non-hydrogen) atoms. The van der Waals surface area contributed by atoms with E-state index in [2.05, 4.69) is 5.32 Å². The van der Waals surface area contributed by atoms with Crippen molar-refractivity contribution < 1.29 is 22.8 Å². The summed E-state index contributed by atoms with van der Waals surface area (Å²) in [4.78, 5) is 25.8. The SMILES string of the molecule is Cc1ccccc1C(=O)NCC(=O)N(C)C(C)c1cccc(C(F)(F)F)c1. The number of amides is 2. The summed E-state index contributed by atoms with van der Waals surface area (Å²) in [5.74, 6) is -0.775. The molecule has 0 aliphatic heterocycles. The number of nitrogens with zero attached hydrogens (tertiary/aromatic N) is 1. The van der Waals surface area contributed by atoms with Crippen LogP contribution in [0.3, 0.4) is 0 Å². The lowest BCUT2D eigenvalue weighted by atomic mass is 10.0. The summed E-state index contributed by atoms with van der Waals surface area (Å²) in [6, 6.07) is 11.3. The summed E-state index contributed by atoms with van der Waals surface area (Å²) >= 11 is 0. The van der Waals surface area contributed by atoms with E-state index in [1.165, 1.54) is 24.1 Å². The fourth-order valence-electron chi connectivity index (χ4n) is 2.62. The van der Waals surface area contributed by atoms with Gasteiger partial charge in [-0.1, -0.05) is 30.3 Å². The lowest BCUT2D eigenvalue weighted by molar-refractivity contribution is -0.137. The van der Waals surface area contributed by atoms with Crippen molar-refractivity contribution in [2.45, 2.75) is 26.1 Å². The minimum absolute atomic E-state index is 0.243. The number of nitrogens with one attached hydrogen (secondary N) is 1. The van der Waals surface area contributed by atoms with Crippen molar-refractivity contribution in [1.82, 2.24) is 10.2 Å². The maximum absolute atomic E-state index is 12.9. The van der Waals surface area contributed by atoms with E-state index in [1.54, 1.807) is 32.0 Å². The minimum Gasteiger partial charge on any atom is -0.343 e. The van der Waals surface area contributed by atoms with E-state index < -0.39 is 23.7 Å². The van der Waals surface area contributed by atoms with Gasteiger partial charge < -0.3 is 10.2 Å². The monoisotopic (exact) mass is 378 g/mol. The van der Waals surface area contributed by atoms with Gasteiger partial charge in [-0.2, -0.15) is 13.2 Å². The van der Waals surface area contributed by atoms with Gasteiger partial charge in [0.15, 0.2) is 0 Å². The molecule has 0 bridgehead atoms. The fourth-order valence-corrected chi connectivity index (χ4v) is 2.62. The molecule has 0 spiro atoms. The molecule has 1 atom stereocenters. The van der Waals surface area contributed by atoms with E-state index in [4.69, 9.17) is 0 Å². The quantitative estimate of drug-likeness (QED) is 0.856. The highest BCUT2D eigenvalue weighted by Gasteiger charge is 2.31. The van der Waals surface area contributed by atoms with Crippen LogP contribution in [0.2, 0.25) is 0 Å². The Labute approximate surface area is 156 Å². The van der Waals surface area contributed by atoms with Crippen LogP contribution in [0, 0.1) is 6.92 Å². The Hall–Kier alpha value is -2.83. The second-order valence-corrected chi connectivity index (χ2v) is 6.30. The second-order valence-electron chi connectivity index (χ2n) is 6.30. The highest BCUT2D eigenvalue weighted by atomic mass is 19.4. The standard InChI is InChI=1S/C20H21F3N2O2/c1-13-7-4-5-10-17(13)19(27)24-12-18(26)25(3)14(2)15-8-6-9-16(11-15)20(21,22)23/h4-11,14H,12H2,1-3H3,(H,24,27). The van der Waals surface area contributed by atoms with Gasteiger partial charge >= 0.3 is 6.18 Å². The maximum atomic E-state index is 12.9. The minimum atomic E-state index is -4.44. The van der Waals surface area contributed by atoms with Crippen LogP contribution in [0.25, 0.3) is 0 Å². The number of likely N-dealkylation sites (N-methyl/N-ethyl adjacent to an activating group) is 1. The summed E-state index contributed by atoms with van der Waals surface area (Å²) in [7, 11) is 1.49. The number of hydrogen-bond donors (Lipinski definition) is 1. The number of halogens is 3. The Kier molecular flexibility index (Phi) is 6.25. The van der Waals surface area contributed by atoms with Crippen molar-refractivity contribution in [1.29, 1.82) is 0 Å². The van der Waals surface area contributed by atoms with E-state index in [0.29, 0.717) is 11.1 Å². The smallest absolute Gasteiger partial charge is 0.343 e. The third-order valence-corrected chi connectivity index (χ3v) is 4.46. The lowest BCUT2D eigenvalue weighted by Crippen LogP contribution is -2.39. The van der Waals surface area contributed by atoms with E-state index in [-0.39, 0.29) is 12.5 Å². The molecule has 0 radical (unpaired) electrons. The van der Waals surface area contributed by atoms with E-state index in [0.717, 1.165) is 17.7 Å². The normalized spacial score (nSPS) is 12.4. The van der Waals surface area contributed by atoms with Gasteiger partial charge in [0.2, 0.25) is 5.91 Å². The first-order valence-corrected chi connectivity index (χ1v) is 8.38. The second kappa shape index (κ2) is 8.24. The molecule has 0 aliphatic carbocycles. The van der Waals surface area contributed by atoms with Crippen molar-refractivity contribution in [2.75, 3.05) is 13.6 Å². The van der Waals surface area contributed by atoms with E-state index >= 15 is 0 Å². The molecule has 7 heteroatoms. The van der Waals surface area contributed by atoms with E-state index in [1.807, 2.05) is 6.07 Å². The average molecular weight is 378 g/mol. The van der Waals surface area contributed by atoms with Crippen molar-refractivity contribution in [3.63, 3.8) is 0 Å². The topological polar surface area (TPSA) is 49.4 Å².